The summed E-state index contributed by atoms with van der Waals surface area (Å²) in [5, 5.41) is 42.6. The van der Waals surface area contributed by atoms with Crippen LogP contribution in [0.15, 0.2) is 72.8 Å². The van der Waals surface area contributed by atoms with E-state index in [-0.39, 0.29) is 33.4 Å². The van der Waals surface area contributed by atoms with Gasteiger partial charge in [0.05, 0.1) is 38.2 Å². The lowest BCUT2D eigenvalue weighted by atomic mass is 9.97. The minimum Gasteiger partial charge on any atom is -0.478 e. The van der Waals surface area contributed by atoms with E-state index >= 15 is 0 Å². The van der Waals surface area contributed by atoms with E-state index < -0.39 is 33.2 Å². The maximum absolute atomic E-state index is 11.9. The molecule has 0 saturated carbocycles. The Labute approximate surface area is 192 Å². The topological polar surface area (TPSA) is 161 Å². The van der Waals surface area contributed by atoms with E-state index in [9.17, 15) is 40.0 Å². The Morgan fingerprint density at radius 3 is 1.29 bits per heavy atom. The summed E-state index contributed by atoms with van der Waals surface area (Å²) in [5.41, 5.74) is -1.92. The monoisotopic (exact) mass is 460 g/mol. The van der Waals surface area contributed by atoms with Crippen LogP contribution >= 0.6 is 0 Å². The molecule has 0 radical (unpaired) electrons. The number of benzene rings is 3. The van der Waals surface area contributed by atoms with Crippen molar-refractivity contribution in [2.45, 2.75) is 0 Å². The average Bonchev–Trinajstić information content (AvgIpc) is 2.81. The van der Waals surface area contributed by atoms with Gasteiger partial charge in [-0.2, -0.15) is 0 Å². The molecule has 3 rings (SSSR count). The van der Waals surface area contributed by atoms with Crippen LogP contribution in [0.3, 0.4) is 0 Å². The van der Waals surface area contributed by atoms with E-state index in [4.69, 9.17) is 0 Å². The van der Waals surface area contributed by atoms with E-state index in [1.54, 1.807) is 36.4 Å². The molecule has 0 aliphatic carbocycles. The number of carbonyl (C=O) groups is 2. The molecule has 2 N–H and O–H groups in total. The first-order valence-electron chi connectivity index (χ1n) is 9.66. The Bertz CT molecular complexity index is 1250. The number of nitrogens with zero attached hydrogens (tertiary/aromatic N) is 2. The van der Waals surface area contributed by atoms with Crippen LogP contribution in [-0.4, -0.2) is 32.0 Å². The van der Waals surface area contributed by atoms with Crippen molar-refractivity contribution in [2.24, 2.45) is 0 Å². The summed E-state index contributed by atoms with van der Waals surface area (Å²) < 4.78 is 0. The van der Waals surface area contributed by atoms with Gasteiger partial charge in [0.1, 0.15) is 0 Å². The highest BCUT2D eigenvalue weighted by Gasteiger charge is 2.25. The van der Waals surface area contributed by atoms with Crippen LogP contribution in [-0.2, 0) is 9.59 Å². The van der Waals surface area contributed by atoms with Crippen LogP contribution in [0.1, 0.15) is 22.3 Å². The Morgan fingerprint density at radius 2 is 1.00 bits per heavy atom. The third-order valence-corrected chi connectivity index (χ3v) is 4.80. The predicted octanol–water partition coefficient (Wildman–Crippen LogP) is 4.75. The van der Waals surface area contributed by atoms with E-state index in [1.807, 2.05) is 0 Å². The molecule has 34 heavy (non-hydrogen) atoms. The van der Waals surface area contributed by atoms with Gasteiger partial charge in [0, 0.05) is 0 Å². The molecule has 0 atom stereocenters. The number of carboxylic acid groups (broad SMARTS) is 2. The zero-order valence-corrected chi connectivity index (χ0v) is 17.3. The first kappa shape index (κ1) is 23.5. The number of hydrogen-bond acceptors (Lipinski definition) is 6. The summed E-state index contributed by atoms with van der Waals surface area (Å²) in [6, 6.07) is 17.4. The lowest BCUT2D eigenvalue weighted by Gasteiger charge is -2.07. The van der Waals surface area contributed by atoms with Crippen molar-refractivity contribution in [3.8, 4) is 0 Å². The highest BCUT2D eigenvalue weighted by atomic mass is 16.6. The molecule has 0 aliphatic heterocycles. The molecule has 3 aromatic carbocycles. The minimum absolute atomic E-state index is 0.235. The van der Waals surface area contributed by atoms with Gasteiger partial charge in [0.15, 0.2) is 0 Å². The largest absolute Gasteiger partial charge is 0.478 e. The fourth-order valence-corrected chi connectivity index (χ4v) is 3.24. The van der Waals surface area contributed by atoms with Gasteiger partial charge in [-0.3, -0.25) is 20.2 Å². The maximum Gasteiger partial charge on any atom is 0.336 e. The summed E-state index contributed by atoms with van der Waals surface area (Å²) in [6.07, 6.45) is 2.06. The maximum atomic E-state index is 11.9. The van der Waals surface area contributed by atoms with Gasteiger partial charge in [-0.15, -0.1) is 0 Å². The molecule has 10 heteroatoms. The second-order valence-electron chi connectivity index (χ2n) is 6.94. The van der Waals surface area contributed by atoms with Gasteiger partial charge in [0.25, 0.3) is 11.4 Å². The van der Waals surface area contributed by atoms with Crippen LogP contribution in [0.2, 0.25) is 0 Å². The summed E-state index contributed by atoms with van der Waals surface area (Å²) in [4.78, 5) is 45.3. The quantitative estimate of drug-likeness (QED) is 0.211. The normalized spacial score (nSPS) is 11.6. The van der Waals surface area contributed by atoms with Crippen LogP contribution in [0, 0.1) is 20.2 Å². The van der Waals surface area contributed by atoms with E-state index in [2.05, 4.69) is 0 Å². The third-order valence-electron chi connectivity index (χ3n) is 4.80. The lowest BCUT2D eigenvalue weighted by molar-refractivity contribution is -0.394. The van der Waals surface area contributed by atoms with Gasteiger partial charge >= 0.3 is 11.9 Å². The number of aliphatic carboxylic acids is 2. The Morgan fingerprint density at radius 1 is 0.647 bits per heavy atom. The lowest BCUT2D eigenvalue weighted by Crippen LogP contribution is -2.03. The SMILES string of the molecule is O=C(O)C(=Cc1cc(C=C(C(=O)O)c2ccccc2)c([N+](=O)[O-])cc1[N+](=O)[O-])c1ccccc1. The smallest absolute Gasteiger partial charge is 0.336 e. The first-order chi connectivity index (χ1) is 16.2. The highest BCUT2D eigenvalue weighted by Crippen LogP contribution is 2.34. The summed E-state index contributed by atoms with van der Waals surface area (Å²) in [6.45, 7) is 0. The van der Waals surface area contributed by atoms with E-state index in [1.165, 1.54) is 24.3 Å². The van der Waals surface area contributed by atoms with Crippen molar-refractivity contribution in [1.29, 1.82) is 0 Å². The first-order valence-corrected chi connectivity index (χ1v) is 9.66. The summed E-state index contributed by atoms with van der Waals surface area (Å²) in [7, 11) is 0. The number of hydrogen-bond donors (Lipinski definition) is 2. The van der Waals surface area contributed by atoms with Crippen LogP contribution in [0.5, 0.6) is 0 Å². The van der Waals surface area contributed by atoms with Crippen molar-refractivity contribution < 1.29 is 29.6 Å². The third kappa shape index (κ3) is 5.19. The van der Waals surface area contributed by atoms with Crippen molar-refractivity contribution in [3.05, 3.63) is 115 Å². The molecular weight excluding hydrogens is 444 g/mol. The van der Waals surface area contributed by atoms with Crippen LogP contribution in [0.25, 0.3) is 23.3 Å². The van der Waals surface area contributed by atoms with Crippen molar-refractivity contribution in [1.82, 2.24) is 0 Å². The van der Waals surface area contributed by atoms with Crippen molar-refractivity contribution in [2.75, 3.05) is 0 Å². The summed E-state index contributed by atoms with van der Waals surface area (Å²) in [5.74, 6) is -2.74. The number of rotatable bonds is 8. The van der Waals surface area contributed by atoms with Gasteiger partial charge in [0.2, 0.25) is 0 Å². The molecule has 3 aromatic rings. The Hall–Kier alpha value is -5.12. The molecule has 0 fully saturated rings. The fourth-order valence-electron chi connectivity index (χ4n) is 3.24. The second kappa shape index (κ2) is 10.0. The Balaban J connectivity index is 2.33. The van der Waals surface area contributed by atoms with Gasteiger partial charge < -0.3 is 10.2 Å². The molecule has 0 spiro atoms. The molecule has 10 nitrogen and oxygen atoms in total. The number of nitro groups is 2. The molecular formula is C24H16N2O8. The Kier molecular flexibility index (Phi) is 6.92. The molecule has 170 valence electrons. The zero-order valence-electron chi connectivity index (χ0n) is 17.3. The zero-order chi connectivity index (χ0) is 24.8. The summed E-state index contributed by atoms with van der Waals surface area (Å²) >= 11 is 0. The molecule has 0 aliphatic rings. The van der Waals surface area contributed by atoms with Gasteiger partial charge in [-0.1, -0.05) is 60.7 Å². The van der Waals surface area contributed by atoms with Crippen LogP contribution in [0.4, 0.5) is 11.4 Å². The fraction of sp³-hybridized carbons (Fsp3) is 0. The molecule has 0 aromatic heterocycles. The second-order valence-corrected chi connectivity index (χ2v) is 6.94. The molecule has 0 unspecified atom stereocenters. The van der Waals surface area contributed by atoms with E-state index in [0.29, 0.717) is 6.07 Å². The average molecular weight is 460 g/mol. The van der Waals surface area contributed by atoms with Crippen molar-refractivity contribution in [3.63, 3.8) is 0 Å². The minimum atomic E-state index is -1.37. The highest BCUT2D eigenvalue weighted by molar-refractivity contribution is 6.22. The van der Waals surface area contributed by atoms with E-state index in [0.717, 1.165) is 18.2 Å². The van der Waals surface area contributed by atoms with Gasteiger partial charge in [-0.25, -0.2) is 9.59 Å². The van der Waals surface area contributed by atoms with Crippen molar-refractivity contribution >= 4 is 46.6 Å². The molecule has 0 saturated heterocycles. The number of carboxylic acids is 2. The predicted molar refractivity (Wildman–Crippen MR) is 124 cm³/mol. The standard InChI is InChI=1S/C24H16N2O8/c27-23(28)19(15-7-3-1-4-8-15)12-17-11-18(22(26(33)34)14-21(17)25(31)32)13-20(24(29)30)16-9-5-2-6-10-16/h1-14H,(H,27,28)(H,29,30). The molecule has 0 amide bonds. The molecule has 0 heterocycles. The molecule has 0 bridgehead atoms. The van der Waals surface area contributed by atoms with Gasteiger partial charge in [-0.05, 0) is 29.3 Å². The number of nitro benzene ring substituents is 2. The van der Waals surface area contributed by atoms with Crippen LogP contribution < -0.4 is 0 Å².